The summed E-state index contributed by atoms with van der Waals surface area (Å²) in [5.41, 5.74) is 3.29. The van der Waals surface area contributed by atoms with Gasteiger partial charge < -0.3 is 4.42 Å². The molecule has 0 radical (unpaired) electrons. The van der Waals surface area contributed by atoms with Crippen molar-refractivity contribution in [3.05, 3.63) is 47.1 Å². The van der Waals surface area contributed by atoms with E-state index in [4.69, 9.17) is 16.0 Å². The summed E-state index contributed by atoms with van der Waals surface area (Å²) in [6.07, 6.45) is 1.76. The highest BCUT2D eigenvalue weighted by Gasteiger charge is 2.08. The normalized spacial score (nSPS) is 10.9. The third-order valence-electron chi connectivity index (χ3n) is 2.48. The van der Waals surface area contributed by atoms with Gasteiger partial charge in [-0.2, -0.15) is 0 Å². The average molecular weight is 245 g/mol. The lowest BCUT2D eigenvalue weighted by Gasteiger charge is -1.93. The molecule has 0 bridgehead atoms. The van der Waals surface area contributed by atoms with Crippen molar-refractivity contribution in [1.82, 2.24) is 9.97 Å². The quantitative estimate of drug-likeness (QED) is 0.653. The molecule has 0 N–H and O–H groups in total. The summed E-state index contributed by atoms with van der Waals surface area (Å²) in [6.45, 7) is 1.98. The third kappa shape index (κ3) is 1.89. The highest BCUT2D eigenvalue weighted by atomic mass is 35.5. The highest BCUT2D eigenvalue weighted by molar-refractivity contribution is 6.30. The maximum absolute atomic E-state index is 5.84. The van der Waals surface area contributed by atoms with E-state index in [9.17, 15) is 0 Å². The molecule has 84 valence electrons. The van der Waals surface area contributed by atoms with E-state index in [0.29, 0.717) is 16.6 Å². The first kappa shape index (κ1) is 10.3. The number of hydrogen-bond acceptors (Lipinski definition) is 3. The van der Waals surface area contributed by atoms with Crippen LogP contribution < -0.4 is 0 Å². The summed E-state index contributed by atoms with van der Waals surface area (Å²) in [7, 11) is 0. The van der Waals surface area contributed by atoms with Crippen LogP contribution in [0, 0.1) is 6.92 Å². The minimum Gasteiger partial charge on any atom is -0.418 e. The van der Waals surface area contributed by atoms with E-state index < -0.39 is 0 Å². The van der Waals surface area contributed by atoms with E-state index >= 15 is 0 Å². The molecule has 0 amide bonds. The predicted octanol–water partition coefficient (Wildman–Crippen LogP) is 3.85. The summed E-state index contributed by atoms with van der Waals surface area (Å²) < 4.78 is 5.58. The minimum absolute atomic E-state index is 0.556. The Morgan fingerprint density at radius 1 is 1.18 bits per heavy atom. The number of halogens is 1. The lowest BCUT2D eigenvalue weighted by atomic mass is 10.2. The van der Waals surface area contributed by atoms with Gasteiger partial charge in [0.2, 0.25) is 11.6 Å². The molecule has 0 unspecified atom stereocenters. The van der Waals surface area contributed by atoms with Crippen molar-refractivity contribution in [2.45, 2.75) is 6.92 Å². The highest BCUT2D eigenvalue weighted by Crippen LogP contribution is 2.24. The number of benzene rings is 1. The van der Waals surface area contributed by atoms with Crippen molar-refractivity contribution in [1.29, 1.82) is 0 Å². The Labute approximate surface area is 103 Å². The SMILES string of the molecule is Cc1cnc2oc(-c3ccc(Cl)cc3)nc2c1. The maximum atomic E-state index is 5.84. The van der Waals surface area contributed by atoms with Gasteiger partial charge in [-0.25, -0.2) is 9.97 Å². The zero-order valence-corrected chi connectivity index (χ0v) is 9.90. The molecule has 3 nitrogen and oxygen atoms in total. The van der Waals surface area contributed by atoms with E-state index in [0.717, 1.165) is 16.6 Å². The number of oxazole rings is 1. The van der Waals surface area contributed by atoms with Crippen LogP contribution in [0.2, 0.25) is 5.02 Å². The van der Waals surface area contributed by atoms with Crippen molar-refractivity contribution in [2.75, 3.05) is 0 Å². The fraction of sp³-hybridized carbons (Fsp3) is 0.0769. The lowest BCUT2D eigenvalue weighted by Crippen LogP contribution is -1.77. The van der Waals surface area contributed by atoms with Crippen molar-refractivity contribution in [3.8, 4) is 11.5 Å². The monoisotopic (exact) mass is 244 g/mol. The molecule has 0 atom stereocenters. The fourth-order valence-corrected chi connectivity index (χ4v) is 1.77. The third-order valence-corrected chi connectivity index (χ3v) is 2.73. The van der Waals surface area contributed by atoms with Crippen molar-refractivity contribution < 1.29 is 4.42 Å². The first-order valence-corrected chi connectivity index (χ1v) is 5.59. The first-order valence-electron chi connectivity index (χ1n) is 5.21. The molecule has 4 heteroatoms. The van der Waals surface area contributed by atoms with E-state index in [2.05, 4.69) is 9.97 Å². The van der Waals surface area contributed by atoms with Gasteiger partial charge in [0.05, 0.1) is 0 Å². The summed E-state index contributed by atoms with van der Waals surface area (Å²) in [6, 6.07) is 9.32. The summed E-state index contributed by atoms with van der Waals surface area (Å²) >= 11 is 5.84. The number of rotatable bonds is 1. The molecule has 3 aromatic rings. The Balaban J connectivity index is 2.14. The maximum Gasteiger partial charge on any atom is 0.247 e. The summed E-state index contributed by atoms with van der Waals surface area (Å²) in [5, 5.41) is 0.693. The molecule has 0 fully saturated rings. The van der Waals surface area contributed by atoms with E-state index in [1.807, 2.05) is 37.3 Å². The molecular weight excluding hydrogens is 236 g/mol. The molecule has 0 aliphatic rings. The van der Waals surface area contributed by atoms with Crippen molar-refractivity contribution in [3.63, 3.8) is 0 Å². The zero-order chi connectivity index (χ0) is 11.8. The van der Waals surface area contributed by atoms with Crippen LogP contribution in [0.1, 0.15) is 5.56 Å². The van der Waals surface area contributed by atoms with Crippen LogP contribution >= 0.6 is 11.6 Å². The number of hydrogen-bond donors (Lipinski definition) is 0. The van der Waals surface area contributed by atoms with Crippen LogP contribution in [0.3, 0.4) is 0 Å². The number of pyridine rings is 1. The standard InChI is InChI=1S/C13H9ClN2O/c1-8-6-11-13(15-7-8)17-12(16-11)9-2-4-10(14)5-3-9/h2-7H,1H3. The van der Waals surface area contributed by atoms with E-state index in [1.165, 1.54) is 0 Å². The molecule has 0 saturated carbocycles. The first-order chi connectivity index (χ1) is 8.22. The minimum atomic E-state index is 0.556. The molecule has 17 heavy (non-hydrogen) atoms. The average Bonchev–Trinajstić information content (AvgIpc) is 2.72. The predicted molar refractivity (Wildman–Crippen MR) is 67.0 cm³/mol. The number of fused-ring (bicyclic) bond motifs is 1. The van der Waals surface area contributed by atoms with Crippen LogP contribution in [0.15, 0.2) is 40.9 Å². The van der Waals surface area contributed by atoms with Gasteiger partial charge in [-0.3, -0.25) is 0 Å². The van der Waals surface area contributed by atoms with Gasteiger partial charge >= 0.3 is 0 Å². The second-order valence-corrected chi connectivity index (χ2v) is 4.30. The van der Waals surface area contributed by atoms with Crippen LogP contribution in [0.4, 0.5) is 0 Å². The topological polar surface area (TPSA) is 38.9 Å². The largest absolute Gasteiger partial charge is 0.418 e. The van der Waals surface area contributed by atoms with Gasteiger partial charge in [0, 0.05) is 16.8 Å². The van der Waals surface area contributed by atoms with Crippen LogP contribution in [0.25, 0.3) is 22.7 Å². The van der Waals surface area contributed by atoms with Gasteiger partial charge in [-0.1, -0.05) is 11.6 Å². The van der Waals surface area contributed by atoms with Crippen LogP contribution in [-0.2, 0) is 0 Å². The Morgan fingerprint density at radius 2 is 1.94 bits per heavy atom. The molecule has 1 aromatic carbocycles. The van der Waals surface area contributed by atoms with Crippen molar-refractivity contribution in [2.24, 2.45) is 0 Å². The molecule has 3 rings (SSSR count). The van der Waals surface area contributed by atoms with Gasteiger partial charge in [-0.15, -0.1) is 0 Å². The zero-order valence-electron chi connectivity index (χ0n) is 9.14. The Morgan fingerprint density at radius 3 is 2.71 bits per heavy atom. The number of aromatic nitrogens is 2. The molecule has 0 saturated heterocycles. The van der Waals surface area contributed by atoms with Gasteiger partial charge in [0.1, 0.15) is 5.52 Å². The fourth-order valence-electron chi connectivity index (χ4n) is 1.64. The van der Waals surface area contributed by atoms with Crippen LogP contribution in [0.5, 0.6) is 0 Å². The Hall–Kier alpha value is -1.87. The molecule has 0 spiro atoms. The van der Waals surface area contributed by atoms with E-state index in [1.54, 1.807) is 6.20 Å². The van der Waals surface area contributed by atoms with Crippen LogP contribution in [-0.4, -0.2) is 9.97 Å². The second kappa shape index (κ2) is 3.86. The molecule has 2 heterocycles. The lowest BCUT2D eigenvalue weighted by molar-refractivity contribution is 0.607. The molecule has 2 aromatic heterocycles. The summed E-state index contributed by atoms with van der Waals surface area (Å²) in [5.74, 6) is 0.565. The van der Waals surface area contributed by atoms with Gasteiger partial charge in [0.25, 0.3) is 0 Å². The molecular formula is C13H9ClN2O. The second-order valence-electron chi connectivity index (χ2n) is 3.86. The Kier molecular flexibility index (Phi) is 2.34. The van der Waals surface area contributed by atoms with Gasteiger partial charge in [-0.05, 0) is 42.8 Å². The molecule has 0 aliphatic heterocycles. The Bertz CT molecular complexity index is 673. The number of nitrogens with zero attached hydrogens (tertiary/aromatic N) is 2. The number of aryl methyl sites for hydroxylation is 1. The van der Waals surface area contributed by atoms with Crippen molar-refractivity contribution >= 4 is 22.8 Å². The van der Waals surface area contributed by atoms with E-state index in [-0.39, 0.29) is 0 Å². The summed E-state index contributed by atoms with van der Waals surface area (Å²) in [4.78, 5) is 8.59. The smallest absolute Gasteiger partial charge is 0.247 e. The molecule has 0 aliphatic carbocycles. The van der Waals surface area contributed by atoms with Gasteiger partial charge in [0.15, 0.2) is 0 Å².